The molecular formula is C20H23F4NO2. The molecule has 0 saturated carbocycles. The van der Waals surface area contributed by atoms with E-state index >= 15 is 0 Å². The van der Waals surface area contributed by atoms with Crippen LogP contribution in [0.5, 0.6) is 0 Å². The van der Waals surface area contributed by atoms with E-state index in [0.29, 0.717) is 18.1 Å². The number of fused-ring (bicyclic) bond motifs is 2. The number of piperidine rings is 1. The van der Waals surface area contributed by atoms with Gasteiger partial charge in [-0.2, -0.15) is 13.2 Å². The Morgan fingerprint density at radius 1 is 1.19 bits per heavy atom. The molecule has 2 heterocycles. The highest BCUT2D eigenvalue weighted by atomic mass is 19.4. The number of rotatable bonds is 1. The first-order valence-corrected chi connectivity index (χ1v) is 9.05. The van der Waals surface area contributed by atoms with E-state index in [4.69, 9.17) is 4.74 Å². The van der Waals surface area contributed by atoms with Crippen molar-refractivity contribution in [1.82, 2.24) is 4.90 Å². The minimum absolute atomic E-state index is 0.139. The third-order valence-electron chi connectivity index (χ3n) is 4.88. The molecule has 1 saturated heterocycles. The number of carbonyl (C=O) groups is 1. The molecule has 0 radical (unpaired) electrons. The van der Waals surface area contributed by atoms with E-state index < -0.39 is 29.3 Å². The van der Waals surface area contributed by atoms with E-state index in [1.807, 2.05) is 0 Å². The molecule has 0 spiro atoms. The zero-order chi connectivity index (χ0) is 20.0. The highest BCUT2D eigenvalue weighted by Crippen LogP contribution is 2.39. The molecule has 1 fully saturated rings. The van der Waals surface area contributed by atoms with Crippen LogP contribution in [0.25, 0.3) is 5.57 Å². The van der Waals surface area contributed by atoms with Crippen molar-refractivity contribution in [3.63, 3.8) is 0 Å². The largest absolute Gasteiger partial charge is 0.444 e. The molecule has 0 aromatic heterocycles. The second-order valence-corrected chi connectivity index (χ2v) is 8.13. The lowest BCUT2D eigenvalue weighted by molar-refractivity contribution is -0.137. The maximum absolute atomic E-state index is 14.4. The average Bonchev–Trinajstić information content (AvgIpc) is 2.51. The quantitative estimate of drug-likeness (QED) is 0.573. The van der Waals surface area contributed by atoms with E-state index in [9.17, 15) is 22.4 Å². The summed E-state index contributed by atoms with van der Waals surface area (Å²) in [6.45, 7) is 5.39. The number of benzene rings is 1. The van der Waals surface area contributed by atoms with E-state index in [1.54, 1.807) is 31.7 Å². The molecule has 3 rings (SSSR count). The zero-order valence-electron chi connectivity index (χ0n) is 15.6. The number of nitrogens with zero attached hydrogens (tertiary/aromatic N) is 1. The number of halogens is 4. The Labute approximate surface area is 156 Å². The first-order chi connectivity index (χ1) is 12.5. The summed E-state index contributed by atoms with van der Waals surface area (Å²) in [6.07, 6.45) is -0.362. The Hall–Kier alpha value is -2.05. The Morgan fingerprint density at radius 2 is 1.89 bits per heavy atom. The summed E-state index contributed by atoms with van der Waals surface area (Å²) in [6, 6.07) is 2.24. The lowest BCUT2D eigenvalue weighted by atomic mass is 9.83. The van der Waals surface area contributed by atoms with Gasteiger partial charge in [0.15, 0.2) is 0 Å². The van der Waals surface area contributed by atoms with E-state index in [1.165, 1.54) is 6.07 Å². The van der Waals surface area contributed by atoms with Crippen LogP contribution in [-0.2, 0) is 10.9 Å². The summed E-state index contributed by atoms with van der Waals surface area (Å²) in [5, 5.41) is 0. The molecule has 1 aromatic rings. The van der Waals surface area contributed by atoms with E-state index in [2.05, 4.69) is 0 Å². The van der Waals surface area contributed by atoms with Crippen molar-refractivity contribution in [2.24, 2.45) is 0 Å². The van der Waals surface area contributed by atoms with Gasteiger partial charge in [0.2, 0.25) is 0 Å². The summed E-state index contributed by atoms with van der Waals surface area (Å²) in [7, 11) is 0. The Bertz CT molecular complexity index is 764. The van der Waals surface area contributed by atoms with Crippen LogP contribution in [0.2, 0.25) is 0 Å². The Morgan fingerprint density at radius 3 is 2.44 bits per heavy atom. The minimum atomic E-state index is -4.58. The van der Waals surface area contributed by atoms with Gasteiger partial charge in [-0.1, -0.05) is 12.1 Å². The number of alkyl halides is 3. The molecule has 2 unspecified atom stereocenters. The number of carbonyl (C=O) groups excluding carboxylic acids is 1. The van der Waals surface area contributed by atoms with Gasteiger partial charge in [0, 0.05) is 11.6 Å². The lowest BCUT2D eigenvalue weighted by Gasteiger charge is -2.45. The topological polar surface area (TPSA) is 29.5 Å². The van der Waals surface area contributed by atoms with Crippen LogP contribution in [0.15, 0.2) is 24.3 Å². The van der Waals surface area contributed by atoms with Crippen LogP contribution in [0.1, 0.15) is 57.6 Å². The maximum Gasteiger partial charge on any atom is 0.416 e. The molecule has 7 heteroatoms. The molecule has 2 aliphatic rings. The Kier molecular flexibility index (Phi) is 4.99. The van der Waals surface area contributed by atoms with E-state index in [0.717, 1.165) is 25.3 Å². The van der Waals surface area contributed by atoms with Crippen LogP contribution in [0.3, 0.4) is 0 Å². The Balaban J connectivity index is 1.89. The molecular weight excluding hydrogens is 362 g/mol. The van der Waals surface area contributed by atoms with Crippen molar-refractivity contribution in [1.29, 1.82) is 0 Å². The molecule has 2 atom stereocenters. The van der Waals surface area contributed by atoms with Crippen LogP contribution in [0.4, 0.5) is 22.4 Å². The van der Waals surface area contributed by atoms with Gasteiger partial charge >= 0.3 is 12.3 Å². The van der Waals surface area contributed by atoms with Crippen LogP contribution in [0, 0.1) is 5.82 Å². The third-order valence-corrected chi connectivity index (χ3v) is 4.88. The summed E-state index contributed by atoms with van der Waals surface area (Å²) >= 11 is 0. The highest BCUT2D eigenvalue weighted by molar-refractivity contribution is 5.75. The van der Waals surface area contributed by atoms with Crippen molar-refractivity contribution in [2.75, 3.05) is 0 Å². The third kappa shape index (κ3) is 4.28. The molecule has 0 aliphatic carbocycles. The molecule has 1 amide bonds. The first kappa shape index (κ1) is 19.7. The molecule has 3 nitrogen and oxygen atoms in total. The molecule has 2 aliphatic heterocycles. The van der Waals surface area contributed by atoms with Gasteiger partial charge in [-0.25, -0.2) is 9.18 Å². The van der Waals surface area contributed by atoms with Gasteiger partial charge in [0.25, 0.3) is 0 Å². The fourth-order valence-electron chi connectivity index (χ4n) is 3.78. The van der Waals surface area contributed by atoms with Crippen molar-refractivity contribution < 1.29 is 27.1 Å². The fourth-order valence-corrected chi connectivity index (χ4v) is 3.78. The number of amides is 1. The summed E-state index contributed by atoms with van der Waals surface area (Å²) in [5.74, 6) is -0.889. The van der Waals surface area contributed by atoms with Crippen molar-refractivity contribution in [3.8, 4) is 0 Å². The van der Waals surface area contributed by atoms with Crippen molar-refractivity contribution in [2.45, 2.75) is 70.3 Å². The predicted molar refractivity (Wildman–Crippen MR) is 93.5 cm³/mol. The number of ether oxygens (including phenoxy) is 1. The van der Waals surface area contributed by atoms with Crippen LogP contribution >= 0.6 is 0 Å². The van der Waals surface area contributed by atoms with Gasteiger partial charge in [0.05, 0.1) is 11.6 Å². The first-order valence-electron chi connectivity index (χ1n) is 9.05. The molecule has 148 valence electrons. The average molecular weight is 385 g/mol. The molecule has 2 bridgehead atoms. The minimum Gasteiger partial charge on any atom is -0.444 e. The highest BCUT2D eigenvalue weighted by Gasteiger charge is 2.40. The number of hydrogen-bond acceptors (Lipinski definition) is 2. The normalized spacial score (nSPS) is 23.1. The molecule has 0 N–H and O–H groups in total. The van der Waals surface area contributed by atoms with Crippen LogP contribution < -0.4 is 0 Å². The monoisotopic (exact) mass is 385 g/mol. The molecule has 27 heavy (non-hydrogen) atoms. The zero-order valence-corrected chi connectivity index (χ0v) is 15.6. The van der Waals surface area contributed by atoms with Gasteiger partial charge in [0.1, 0.15) is 11.4 Å². The standard InChI is InChI=1S/C20H23F4NO2/c1-19(2,3)27-18(26)25-14-5-4-6-15(25)10-12(9-14)16-8-7-13(11-17(16)21)20(22,23)24/h7-9,11,14-15H,4-6,10H2,1-3H3. The maximum atomic E-state index is 14.4. The number of hydrogen-bond donors (Lipinski definition) is 0. The van der Waals surface area contributed by atoms with Crippen molar-refractivity contribution in [3.05, 3.63) is 41.2 Å². The smallest absolute Gasteiger partial charge is 0.416 e. The summed E-state index contributed by atoms with van der Waals surface area (Å²) < 4.78 is 58.2. The summed E-state index contributed by atoms with van der Waals surface area (Å²) in [5.41, 5.74) is -0.801. The van der Waals surface area contributed by atoms with Gasteiger partial charge < -0.3 is 4.74 Å². The summed E-state index contributed by atoms with van der Waals surface area (Å²) in [4.78, 5) is 14.3. The second-order valence-electron chi connectivity index (χ2n) is 8.13. The SMILES string of the molecule is CC(C)(C)OC(=O)N1C2C=C(c3ccc(C(F)(F)F)cc3F)CC1CCC2. The molecule has 1 aromatic carbocycles. The fraction of sp³-hybridized carbons (Fsp3) is 0.550. The van der Waals surface area contributed by atoms with Gasteiger partial charge in [-0.05, 0) is 64.2 Å². The lowest BCUT2D eigenvalue weighted by Crippen LogP contribution is -2.53. The van der Waals surface area contributed by atoms with Gasteiger partial charge in [-0.15, -0.1) is 0 Å². The van der Waals surface area contributed by atoms with Crippen molar-refractivity contribution >= 4 is 11.7 Å². The second kappa shape index (κ2) is 6.84. The predicted octanol–water partition coefficient (Wildman–Crippen LogP) is 5.79. The van der Waals surface area contributed by atoms with E-state index in [-0.39, 0.29) is 17.6 Å². The van der Waals surface area contributed by atoms with Crippen LogP contribution in [-0.4, -0.2) is 28.7 Å². The van der Waals surface area contributed by atoms with Gasteiger partial charge in [-0.3, -0.25) is 4.90 Å².